The number of anilines is 1. The van der Waals surface area contributed by atoms with E-state index in [-0.39, 0.29) is 17.7 Å². The van der Waals surface area contributed by atoms with Crippen LogP contribution in [0.15, 0.2) is 0 Å². The number of nitrogens with one attached hydrogen (secondary N) is 1. The van der Waals surface area contributed by atoms with E-state index in [1.807, 2.05) is 11.8 Å². The summed E-state index contributed by atoms with van der Waals surface area (Å²) in [5.41, 5.74) is 1.74. The molecule has 3 rings (SSSR count). The number of carbonyl (C=O) groups excluding carboxylic acids is 1. The molecule has 1 unspecified atom stereocenters. The molecule has 7 nitrogen and oxygen atoms in total. The predicted octanol–water partition coefficient (Wildman–Crippen LogP) is 2.18. The Bertz CT molecular complexity index is 864. The number of nitrogens with zero attached hydrogens (tertiary/aromatic N) is 3. The van der Waals surface area contributed by atoms with Gasteiger partial charge in [-0.15, -0.1) is 11.3 Å². The maximum absolute atomic E-state index is 12.8. The Morgan fingerprint density at radius 2 is 1.89 bits per heavy atom. The van der Waals surface area contributed by atoms with Gasteiger partial charge in [0.2, 0.25) is 15.9 Å². The van der Waals surface area contributed by atoms with Crippen LogP contribution < -0.4 is 5.32 Å². The lowest BCUT2D eigenvalue weighted by Crippen LogP contribution is -2.54. The van der Waals surface area contributed by atoms with E-state index in [2.05, 4.69) is 11.4 Å². The standard InChI is InChI=1S/C19H28N4O3S2/c1-3-28(25,26)23-11-9-22(10-12-23)14(2)18(24)21-19-16(13-20)15-7-5-4-6-8-17(15)27-19/h14H,3-12H2,1-2H3,(H,21,24). The predicted molar refractivity (Wildman–Crippen MR) is 111 cm³/mol. The summed E-state index contributed by atoms with van der Waals surface area (Å²) in [6.07, 6.45) is 5.30. The summed E-state index contributed by atoms with van der Waals surface area (Å²) in [6, 6.07) is 1.92. The summed E-state index contributed by atoms with van der Waals surface area (Å²) < 4.78 is 25.5. The number of fused-ring (bicyclic) bond motifs is 1. The molecular formula is C19H28N4O3S2. The van der Waals surface area contributed by atoms with Gasteiger partial charge in [-0.3, -0.25) is 9.69 Å². The zero-order chi connectivity index (χ0) is 20.3. The van der Waals surface area contributed by atoms with E-state index in [4.69, 9.17) is 0 Å². The van der Waals surface area contributed by atoms with Gasteiger partial charge >= 0.3 is 0 Å². The van der Waals surface area contributed by atoms with Crippen molar-refractivity contribution in [3.05, 3.63) is 16.0 Å². The van der Waals surface area contributed by atoms with Gasteiger partial charge in [-0.2, -0.15) is 9.57 Å². The highest BCUT2D eigenvalue weighted by Gasteiger charge is 2.31. The average molecular weight is 425 g/mol. The lowest BCUT2D eigenvalue weighted by atomic mass is 10.1. The molecule has 1 saturated heterocycles. The Hall–Kier alpha value is -1.47. The molecule has 1 N–H and O–H groups in total. The Balaban J connectivity index is 1.65. The van der Waals surface area contributed by atoms with Crippen LogP contribution in [0.3, 0.4) is 0 Å². The molecule has 0 spiro atoms. The number of amides is 1. The van der Waals surface area contributed by atoms with Crippen LogP contribution >= 0.6 is 11.3 Å². The fourth-order valence-corrected chi connectivity index (χ4v) is 6.21. The molecule has 0 bridgehead atoms. The Morgan fingerprint density at radius 3 is 2.54 bits per heavy atom. The summed E-state index contributed by atoms with van der Waals surface area (Å²) in [5, 5.41) is 13.3. The fourth-order valence-electron chi connectivity index (χ4n) is 3.88. The van der Waals surface area contributed by atoms with Gasteiger partial charge in [0.1, 0.15) is 11.1 Å². The third-order valence-electron chi connectivity index (χ3n) is 5.73. The summed E-state index contributed by atoms with van der Waals surface area (Å²) in [4.78, 5) is 16.0. The van der Waals surface area contributed by atoms with Gasteiger partial charge in [-0.25, -0.2) is 8.42 Å². The first-order chi connectivity index (χ1) is 13.4. The molecule has 9 heteroatoms. The van der Waals surface area contributed by atoms with Gasteiger partial charge in [0.05, 0.1) is 17.4 Å². The highest BCUT2D eigenvalue weighted by atomic mass is 32.2. The van der Waals surface area contributed by atoms with Crippen molar-refractivity contribution in [2.45, 2.75) is 52.0 Å². The van der Waals surface area contributed by atoms with Crippen molar-refractivity contribution in [1.82, 2.24) is 9.21 Å². The molecule has 154 valence electrons. The molecule has 1 atom stereocenters. The number of thiophene rings is 1. The van der Waals surface area contributed by atoms with Crippen LogP contribution in [0.1, 0.15) is 49.1 Å². The highest BCUT2D eigenvalue weighted by molar-refractivity contribution is 7.89. The average Bonchev–Trinajstić information content (AvgIpc) is 2.86. The van der Waals surface area contributed by atoms with Crippen molar-refractivity contribution in [2.75, 3.05) is 37.2 Å². The number of piperazine rings is 1. The molecule has 2 heterocycles. The molecule has 1 aromatic rings. The molecule has 0 saturated carbocycles. The molecular weight excluding hydrogens is 396 g/mol. The third-order valence-corrected chi connectivity index (χ3v) is 8.82. The molecule has 1 aliphatic heterocycles. The topological polar surface area (TPSA) is 93.5 Å². The molecule has 2 aliphatic rings. The van der Waals surface area contributed by atoms with E-state index in [0.717, 1.165) is 31.2 Å². The number of sulfonamides is 1. The van der Waals surface area contributed by atoms with Gasteiger partial charge in [-0.1, -0.05) is 6.42 Å². The quantitative estimate of drug-likeness (QED) is 0.731. The lowest BCUT2D eigenvalue weighted by Gasteiger charge is -2.36. The van der Waals surface area contributed by atoms with Gasteiger partial charge in [-0.05, 0) is 45.1 Å². The summed E-state index contributed by atoms with van der Waals surface area (Å²) in [5.74, 6) is -0.0389. The molecule has 1 amide bonds. The number of carbonyl (C=O) groups is 1. The van der Waals surface area contributed by atoms with Crippen molar-refractivity contribution in [2.24, 2.45) is 0 Å². The Kier molecular flexibility index (Phi) is 6.76. The van der Waals surface area contributed by atoms with E-state index >= 15 is 0 Å². The van der Waals surface area contributed by atoms with Gasteiger partial charge < -0.3 is 5.32 Å². The number of hydrogen-bond donors (Lipinski definition) is 1. The number of hydrogen-bond acceptors (Lipinski definition) is 6. The van der Waals surface area contributed by atoms with Gasteiger partial charge in [0.25, 0.3) is 0 Å². The van der Waals surface area contributed by atoms with Crippen molar-refractivity contribution >= 4 is 32.3 Å². The van der Waals surface area contributed by atoms with Crippen molar-refractivity contribution < 1.29 is 13.2 Å². The first kappa shape index (κ1) is 21.2. The van der Waals surface area contributed by atoms with Crippen LogP contribution in [0, 0.1) is 11.3 Å². The largest absolute Gasteiger partial charge is 0.315 e. The van der Waals surface area contributed by atoms with E-state index < -0.39 is 10.0 Å². The van der Waals surface area contributed by atoms with E-state index in [0.29, 0.717) is 36.7 Å². The fraction of sp³-hybridized carbons (Fsp3) is 0.684. The second-order valence-corrected chi connectivity index (χ2v) is 10.7. The van der Waals surface area contributed by atoms with Crippen LogP contribution in [-0.2, 0) is 27.7 Å². The first-order valence-electron chi connectivity index (χ1n) is 9.94. The monoisotopic (exact) mass is 424 g/mol. The summed E-state index contributed by atoms with van der Waals surface area (Å²) >= 11 is 1.54. The van der Waals surface area contributed by atoms with Crippen molar-refractivity contribution in [3.8, 4) is 6.07 Å². The van der Waals surface area contributed by atoms with Crippen LogP contribution in [0.2, 0.25) is 0 Å². The number of aryl methyl sites for hydroxylation is 1. The third kappa shape index (κ3) is 4.40. The van der Waals surface area contributed by atoms with Gasteiger partial charge in [0, 0.05) is 31.1 Å². The maximum atomic E-state index is 12.8. The van der Waals surface area contributed by atoms with Crippen molar-refractivity contribution in [1.29, 1.82) is 5.26 Å². The zero-order valence-electron chi connectivity index (χ0n) is 16.5. The SMILES string of the molecule is CCS(=O)(=O)N1CCN(C(C)C(=O)Nc2sc3c(c2C#N)CCCCC3)CC1. The second kappa shape index (κ2) is 8.91. The van der Waals surface area contributed by atoms with E-state index in [1.165, 1.54) is 26.9 Å². The highest BCUT2D eigenvalue weighted by Crippen LogP contribution is 2.37. The maximum Gasteiger partial charge on any atom is 0.242 e. The molecule has 0 aromatic carbocycles. The molecule has 1 aliphatic carbocycles. The minimum Gasteiger partial charge on any atom is -0.315 e. The molecule has 1 fully saturated rings. The minimum atomic E-state index is -3.18. The minimum absolute atomic E-state index is 0.100. The van der Waals surface area contributed by atoms with E-state index in [9.17, 15) is 18.5 Å². The van der Waals surface area contributed by atoms with Crippen LogP contribution in [0.25, 0.3) is 0 Å². The van der Waals surface area contributed by atoms with E-state index in [1.54, 1.807) is 6.92 Å². The Labute approximate surface area is 171 Å². The van der Waals surface area contributed by atoms with Crippen LogP contribution in [-0.4, -0.2) is 61.5 Å². The lowest BCUT2D eigenvalue weighted by molar-refractivity contribution is -0.121. The first-order valence-corrected chi connectivity index (χ1v) is 12.4. The summed E-state index contributed by atoms with van der Waals surface area (Å²) in [7, 11) is -3.18. The smallest absolute Gasteiger partial charge is 0.242 e. The van der Waals surface area contributed by atoms with Crippen LogP contribution in [0.4, 0.5) is 5.00 Å². The van der Waals surface area contributed by atoms with Gasteiger partial charge in [0.15, 0.2) is 0 Å². The summed E-state index contributed by atoms with van der Waals surface area (Å²) in [6.45, 7) is 5.35. The van der Waals surface area contributed by atoms with Crippen LogP contribution in [0.5, 0.6) is 0 Å². The molecule has 1 aromatic heterocycles. The second-order valence-electron chi connectivity index (χ2n) is 7.38. The molecule has 28 heavy (non-hydrogen) atoms. The number of rotatable bonds is 5. The van der Waals surface area contributed by atoms with Crippen molar-refractivity contribution in [3.63, 3.8) is 0 Å². The molecule has 0 radical (unpaired) electrons. The Morgan fingerprint density at radius 1 is 1.21 bits per heavy atom. The zero-order valence-corrected chi connectivity index (χ0v) is 18.2. The number of nitriles is 1. The normalized spacial score (nSPS) is 20.0.